The molecule has 126 valence electrons. The monoisotopic (exact) mass is 332 g/mol. The van der Waals surface area contributed by atoms with Gasteiger partial charge in [0, 0.05) is 24.0 Å². The Bertz CT molecular complexity index is 910. The number of nitrogens with one attached hydrogen (secondary N) is 1. The van der Waals surface area contributed by atoms with E-state index < -0.39 is 0 Å². The second kappa shape index (κ2) is 6.43. The van der Waals surface area contributed by atoms with Gasteiger partial charge in [0.25, 0.3) is 0 Å². The zero-order valence-electron chi connectivity index (χ0n) is 14.4. The lowest BCUT2D eigenvalue weighted by atomic mass is 10.2. The number of benzene rings is 2. The molecule has 3 aromatic rings. The third kappa shape index (κ3) is 3.01. The van der Waals surface area contributed by atoms with E-state index in [-0.39, 0.29) is 0 Å². The van der Waals surface area contributed by atoms with Crippen LogP contribution in [-0.2, 0) is 6.42 Å². The van der Waals surface area contributed by atoms with Gasteiger partial charge in [-0.2, -0.15) is 4.98 Å². The highest BCUT2D eigenvalue weighted by molar-refractivity contribution is 5.69. The first-order valence-electron chi connectivity index (χ1n) is 8.36. The van der Waals surface area contributed by atoms with Crippen LogP contribution in [0.1, 0.15) is 11.3 Å². The van der Waals surface area contributed by atoms with E-state index in [9.17, 15) is 0 Å². The van der Waals surface area contributed by atoms with Gasteiger partial charge in [-0.3, -0.25) is 0 Å². The smallest absolute Gasteiger partial charge is 0.229 e. The summed E-state index contributed by atoms with van der Waals surface area (Å²) in [7, 11) is 1.66. The number of hydrogen-bond acceptors (Lipinski definition) is 5. The fourth-order valence-electron chi connectivity index (χ4n) is 3.19. The summed E-state index contributed by atoms with van der Waals surface area (Å²) in [5, 5.41) is 3.28. The van der Waals surface area contributed by atoms with Crippen molar-refractivity contribution in [3.05, 3.63) is 65.9 Å². The average Bonchev–Trinajstić information content (AvgIpc) is 3.06. The molecule has 2 aromatic carbocycles. The molecule has 0 unspecified atom stereocenters. The summed E-state index contributed by atoms with van der Waals surface area (Å²) in [6.45, 7) is 2.92. The average molecular weight is 332 g/mol. The normalized spacial score (nSPS) is 12.8. The van der Waals surface area contributed by atoms with Gasteiger partial charge in [-0.15, -0.1) is 0 Å². The molecule has 0 saturated carbocycles. The van der Waals surface area contributed by atoms with Crippen molar-refractivity contribution in [2.24, 2.45) is 0 Å². The van der Waals surface area contributed by atoms with Gasteiger partial charge in [0.1, 0.15) is 11.6 Å². The van der Waals surface area contributed by atoms with E-state index in [4.69, 9.17) is 9.72 Å². The van der Waals surface area contributed by atoms with Gasteiger partial charge in [0.2, 0.25) is 5.95 Å². The SMILES string of the molecule is COc1ccccc1Nc1nc(C)cc(N2CCc3ccccc32)n1. The molecular formula is C20H20N4O. The van der Waals surface area contributed by atoms with Crippen molar-refractivity contribution in [2.75, 3.05) is 23.9 Å². The Morgan fingerprint density at radius 1 is 1.04 bits per heavy atom. The maximum Gasteiger partial charge on any atom is 0.229 e. The minimum atomic E-state index is 0.573. The largest absolute Gasteiger partial charge is 0.495 e. The summed E-state index contributed by atoms with van der Waals surface area (Å²) in [5.74, 6) is 2.25. The van der Waals surface area contributed by atoms with E-state index in [2.05, 4.69) is 39.5 Å². The third-order valence-corrected chi connectivity index (χ3v) is 4.36. The van der Waals surface area contributed by atoms with Gasteiger partial charge in [-0.25, -0.2) is 4.98 Å². The topological polar surface area (TPSA) is 50.3 Å². The van der Waals surface area contributed by atoms with Crippen LogP contribution in [-0.4, -0.2) is 23.6 Å². The van der Waals surface area contributed by atoms with Gasteiger partial charge in [-0.1, -0.05) is 30.3 Å². The zero-order chi connectivity index (χ0) is 17.2. The van der Waals surface area contributed by atoms with Crippen LogP contribution >= 0.6 is 0 Å². The molecule has 0 amide bonds. The van der Waals surface area contributed by atoms with E-state index in [1.54, 1.807) is 7.11 Å². The van der Waals surface area contributed by atoms with Crippen molar-refractivity contribution in [1.29, 1.82) is 0 Å². The fourth-order valence-corrected chi connectivity index (χ4v) is 3.19. The highest BCUT2D eigenvalue weighted by Gasteiger charge is 2.21. The maximum atomic E-state index is 5.40. The minimum Gasteiger partial charge on any atom is -0.495 e. The first-order chi connectivity index (χ1) is 12.2. The second-order valence-electron chi connectivity index (χ2n) is 6.05. The van der Waals surface area contributed by atoms with Crippen molar-refractivity contribution in [1.82, 2.24) is 9.97 Å². The quantitative estimate of drug-likeness (QED) is 0.775. The molecule has 25 heavy (non-hydrogen) atoms. The molecule has 0 spiro atoms. The van der Waals surface area contributed by atoms with Crippen LogP contribution in [0.25, 0.3) is 0 Å². The Balaban J connectivity index is 1.68. The Morgan fingerprint density at radius 3 is 2.72 bits per heavy atom. The number of methoxy groups -OCH3 is 1. The molecule has 1 aromatic heterocycles. The number of ether oxygens (including phenoxy) is 1. The van der Waals surface area contributed by atoms with Crippen LogP contribution < -0.4 is 15.0 Å². The number of hydrogen-bond donors (Lipinski definition) is 1. The number of rotatable bonds is 4. The van der Waals surface area contributed by atoms with Gasteiger partial charge < -0.3 is 15.0 Å². The predicted octanol–water partition coefficient (Wildman–Crippen LogP) is 4.23. The Labute approximate surface area is 147 Å². The standard InChI is InChI=1S/C20H20N4O/c1-14-13-19(24-12-11-15-7-3-5-9-17(15)24)23-20(21-14)22-16-8-4-6-10-18(16)25-2/h3-10,13H,11-12H2,1-2H3,(H,21,22,23). The number of anilines is 4. The van der Waals surface area contributed by atoms with Crippen LogP contribution in [0.5, 0.6) is 5.75 Å². The molecule has 0 radical (unpaired) electrons. The van der Waals surface area contributed by atoms with Crippen molar-refractivity contribution in [2.45, 2.75) is 13.3 Å². The molecule has 1 aliphatic heterocycles. The van der Waals surface area contributed by atoms with Crippen molar-refractivity contribution >= 4 is 23.1 Å². The zero-order valence-corrected chi connectivity index (χ0v) is 14.4. The Morgan fingerprint density at radius 2 is 1.84 bits per heavy atom. The first-order valence-corrected chi connectivity index (χ1v) is 8.36. The van der Waals surface area contributed by atoms with Crippen molar-refractivity contribution < 1.29 is 4.74 Å². The number of nitrogens with zero attached hydrogens (tertiary/aromatic N) is 3. The molecule has 2 heterocycles. The molecule has 1 aliphatic rings. The fraction of sp³-hybridized carbons (Fsp3) is 0.200. The summed E-state index contributed by atoms with van der Waals surface area (Å²) >= 11 is 0. The molecule has 0 aliphatic carbocycles. The lowest BCUT2D eigenvalue weighted by Crippen LogP contribution is -2.16. The van der Waals surface area contributed by atoms with E-state index in [1.807, 2.05) is 37.3 Å². The highest BCUT2D eigenvalue weighted by atomic mass is 16.5. The molecule has 5 heteroatoms. The summed E-state index contributed by atoms with van der Waals surface area (Å²) in [5.41, 5.74) is 4.36. The minimum absolute atomic E-state index is 0.573. The lowest BCUT2D eigenvalue weighted by Gasteiger charge is -2.20. The molecular weight excluding hydrogens is 312 g/mol. The van der Waals surface area contributed by atoms with E-state index >= 15 is 0 Å². The maximum absolute atomic E-state index is 5.40. The molecule has 4 rings (SSSR count). The molecule has 1 N–H and O–H groups in total. The molecule has 0 atom stereocenters. The van der Waals surface area contributed by atoms with Gasteiger partial charge in [0.15, 0.2) is 0 Å². The Hall–Kier alpha value is -3.08. The van der Waals surface area contributed by atoms with Crippen molar-refractivity contribution in [3.63, 3.8) is 0 Å². The number of fused-ring (bicyclic) bond motifs is 1. The number of aromatic nitrogens is 2. The van der Waals surface area contributed by atoms with Crippen LogP contribution in [0.3, 0.4) is 0 Å². The number of aryl methyl sites for hydroxylation is 1. The second-order valence-corrected chi connectivity index (χ2v) is 6.05. The molecule has 0 fully saturated rings. The van der Waals surface area contributed by atoms with E-state index in [0.717, 1.165) is 35.9 Å². The number of para-hydroxylation sites is 3. The summed E-state index contributed by atoms with van der Waals surface area (Å²) < 4.78 is 5.40. The Kier molecular flexibility index (Phi) is 3.98. The summed E-state index contributed by atoms with van der Waals surface area (Å²) in [6.07, 6.45) is 1.04. The first kappa shape index (κ1) is 15.4. The van der Waals surface area contributed by atoms with Crippen LogP contribution in [0.2, 0.25) is 0 Å². The van der Waals surface area contributed by atoms with Gasteiger partial charge >= 0.3 is 0 Å². The van der Waals surface area contributed by atoms with Gasteiger partial charge in [-0.05, 0) is 37.1 Å². The van der Waals surface area contributed by atoms with Gasteiger partial charge in [0.05, 0.1) is 12.8 Å². The van der Waals surface area contributed by atoms with Crippen LogP contribution in [0, 0.1) is 6.92 Å². The summed E-state index contributed by atoms with van der Waals surface area (Å²) in [4.78, 5) is 11.5. The predicted molar refractivity (Wildman–Crippen MR) is 100 cm³/mol. The highest BCUT2D eigenvalue weighted by Crippen LogP contribution is 2.34. The van der Waals surface area contributed by atoms with E-state index in [0.29, 0.717) is 5.95 Å². The molecule has 0 bridgehead atoms. The van der Waals surface area contributed by atoms with E-state index in [1.165, 1.54) is 11.3 Å². The molecule has 0 saturated heterocycles. The van der Waals surface area contributed by atoms with Crippen LogP contribution in [0.15, 0.2) is 54.6 Å². The third-order valence-electron chi connectivity index (χ3n) is 4.36. The van der Waals surface area contributed by atoms with Crippen molar-refractivity contribution in [3.8, 4) is 5.75 Å². The lowest BCUT2D eigenvalue weighted by molar-refractivity contribution is 0.417. The van der Waals surface area contributed by atoms with Crippen LogP contribution in [0.4, 0.5) is 23.1 Å². The summed E-state index contributed by atoms with van der Waals surface area (Å²) in [6, 6.07) is 18.3. The molecule has 5 nitrogen and oxygen atoms in total.